The van der Waals surface area contributed by atoms with Gasteiger partial charge in [-0.1, -0.05) is 84.9 Å². The molecule has 6 aromatic carbocycles. The van der Waals surface area contributed by atoms with Crippen molar-refractivity contribution in [2.75, 3.05) is 0 Å². The van der Waals surface area contributed by atoms with Gasteiger partial charge in [-0.25, -0.2) is 0 Å². The van der Waals surface area contributed by atoms with Crippen LogP contribution in [0.5, 0.6) is 0 Å². The van der Waals surface area contributed by atoms with Crippen molar-refractivity contribution in [2.24, 2.45) is 5.73 Å². The lowest BCUT2D eigenvalue weighted by atomic mass is 9.99. The fraction of sp³-hybridized carbons (Fsp3) is 0.0270. The van der Waals surface area contributed by atoms with Gasteiger partial charge in [0.05, 0.1) is 11.0 Å². The lowest BCUT2D eigenvalue weighted by molar-refractivity contribution is 0.668. The number of aromatic nitrogens is 1. The average molecular weight is 515 g/mol. The fourth-order valence-corrected chi connectivity index (χ4v) is 6.14. The number of nitrogens with zero attached hydrogens (tertiary/aromatic N) is 1. The van der Waals surface area contributed by atoms with Crippen molar-refractivity contribution in [2.45, 2.75) is 6.54 Å². The third-order valence-electron chi connectivity index (χ3n) is 8.02. The molecule has 0 aliphatic heterocycles. The van der Waals surface area contributed by atoms with Crippen LogP contribution in [0.4, 0.5) is 0 Å². The lowest BCUT2D eigenvalue weighted by Crippen LogP contribution is -1.96. The highest BCUT2D eigenvalue weighted by atomic mass is 16.3. The molecule has 0 aliphatic rings. The Morgan fingerprint density at radius 3 is 2.08 bits per heavy atom. The first-order valence-electron chi connectivity index (χ1n) is 13.6. The number of rotatable bonds is 4. The summed E-state index contributed by atoms with van der Waals surface area (Å²) in [5.41, 5.74) is 17.2. The highest BCUT2D eigenvalue weighted by molar-refractivity contribution is 6.11. The molecule has 0 unspecified atom stereocenters. The molecule has 0 radical (unpaired) electrons. The summed E-state index contributed by atoms with van der Waals surface area (Å²) in [5, 5.41) is 4.69. The van der Waals surface area contributed by atoms with Crippen molar-refractivity contribution in [1.82, 2.24) is 4.57 Å². The Balaban J connectivity index is 1.32. The second-order valence-electron chi connectivity index (χ2n) is 10.3. The summed E-state index contributed by atoms with van der Waals surface area (Å²) in [6, 6.07) is 47.4. The summed E-state index contributed by atoms with van der Waals surface area (Å²) in [6.07, 6.45) is 0. The van der Waals surface area contributed by atoms with E-state index in [9.17, 15) is 0 Å². The van der Waals surface area contributed by atoms with E-state index >= 15 is 0 Å². The van der Waals surface area contributed by atoms with E-state index < -0.39 is 0 Å². The monoisotopic (exact) mass is 514 g/mol. The SMILES string of the molecule is NCc1cccc2oc3ccc(-c4ccc5c(c4)c4ccccc4n5-c4cccc(-c5ccccc5)c4)cc3c12. The maximum Gasteiger partial charge on any atom is 0.135 e. The van der Waals surface area contributed by atoms with Crippen LogP contribution >= 0.6 is 0 Å². The molecule has 190 valence electrons. The number of hydrogen-bond donors (Lipinski definition) is 1. The Kier molecular flexibility index (Phi) is 5.12. The molecule has 3 heteroatoms. The Morgan fingerprint density at radius 2 is 1.20 bits per heavy atom. The molecular formula is C37H26N2O. The van der Waals surface area contributed by atoms with E-state index in [1.807, 2.05) is 12.1 Å². The molecule has 0 bridgehead atoms. The first-order chi connectivity index (χ1) is 19.8. The second-order valence-corrected chi connectivity index (χ2v) is 10.3. The predicted molar refractivity (Wildman–Crippen MR) is 167 cm³/mol. The quantitative estimate of drug-likeness (QED) is 0.254. The molecule has 0 fully saturated rings. The molecular weight excluding hydrogens is 488 g/mol. The summed E-state index contributed by atoms with van der Waals surface area (Å²) in [6.45, 7) is 0.479. The minimum atomic E-state index is 0.479. The summed E-state index contributed by atoms with van der Waals surface area (Å²) in [4.78, 5) is 0. The first kappa shape index (κ1) is 22.8. The van der Waals surface area contributed by atoms with Gasteiger partial charge >= 0.3 is 0 Å². The van der Waals surface area contributed by atoms with Gasteiger partial charge in [0.25, 0.3) is 0 Å². The van der Waals surface area contributed by atoms with Crippen LogP contribution in [0.3, 0.4) is 0 Å². The van der Waals surface area contributed by atoms with Crippen molar-refractivity contribution in [1.29, 1.82) is 0 Å². The topological polar surface area (TPSA) is 44.1 Å². The van der Waals surface area contributed by atoms with Gasteiger partial charge in [-0.3, -0.25) is 0 Å². The number of nitrogens with two attached hydrogens (primary N) is 1. The standard InChI is InChI=1S/C37H26N2O/c38-23-28-11-7-15-36-37(28)32-22-27(17-19-35(32)40-36)26-16-18-34-31(21-26)30-13-4-5-14-33(30)39(34)29-12-6-10-25(20-29)24-8-2-1-3-9-24/h1-22H,23,38H2. The van der Waals surface area contributed by atoms with E-state index in [-0.39, 0.29) is 0 Å². The minimum absolute atomic E-state index is 0.479. The van der Waals surface area contributed by atoms with Gasteiger partial charge in [-0.15, -0.1) is 0 Å². The zero-order valence-corrected chi connectivity index (χ0v) is 21.8. The van der Waals surface area contributed by atoms with E-state index in [2.05, 4.69) is 126 Å². The molecule has 2 heterocycles. The largest absolute Gasteiger partial charge is 0.456 e. The highest BCUT2D eigenvalue weighted by Crippen LogP contribution is 2.38. The molecule has 8 aromatic rings. The van der Waals surface area contributed by atoms with E-state index in [0.29, 0.717) is 6.54 Å². The van der Waals surface area contributed by atoms with Crippen LogP contribution < -0.4 is 5.73 Å². The number of benzene rings is 6. The molecule has 0 aliphatic carbocycles. The van der Waals surface area contributed by atoms with Gasteiger partial charge < -0.3 is 14.7 Å². The second kappa shape index (κ2) is 8.98. The first-order valence-corrected chi connectivity index (χ1v) is 13.6. The van der Waals surface area contributed by atoms with Crippen LogP contribution in [0, 0.1) is 0 Å². The zero-order chi connectivity index (χ0) is 26.6. The normalized spacial score (nSPS) is 11.7. The molecule has 0 saturated carbocycles. The van der Waals surface area contributed by atoms with Crippen LogP contribution in [0.25, 0.3) is 71.7 Å². The van der Waals surface area contributed by atoms with E-state index in [0.717, 1.165) is 38.8 Å². The van der Waals surface area contributed by atoms with Crippen molar-refractivity contribution < 1.29 is 4.42 Å². The zero-order valence-electron chi connectivity index (χ0n) is 21.8. The van der Waals surface area contributed by atoms with Crippen LogP contribution in [-0.4, -0.2) is 4.57 Å². The summed E-state index contributed by atoms with van der Waals surface area (Å²) in [7, 11) is 0. The Hall–Kier alpha value is -5.12. The highest BCUT2D eigenvalue weighted by Gasteiger charge is 2.15. The molecule has 40 heavy (non-hydrogen) atoms. The fourth-order valence-electron chi connectivity index (χ4n) is 6.14. The van der Waals surface area contributed by atoms with Gasteiger partial charge in [-0.05, 0) is 76.3 Å². The maximum absolute atomic E-state index is 6.15. The molecule has 0 atom stereocenters. The molecule has 8 rings (SSSR count). The van der Waals surface area contributed by atoms with Crippen molar-refractivity contribution in [3.8, 4) is 27.9 Å². The predicted octanol–water partition coefficient (Wildman–Crippen LogP) is 9.48. The van der Waals surface area contributed by atoms with Crippen LogP contribution in [0.2, 0.25) is 0 Å². The third-order valence-corrected chi connectivity index (χ3v) is 8.02. The number of para-hydroxylation sites is 1. The molecule has 3 nitrogen and oxygen atoms in total. The van der Waals surface area contributed by atoms with Crippen molar-refractivity contribution >= 4 is 43.7 Å². The average Bonchev–Trinajstić information content (AvgIpc) is 3.56. The third kappa shape index (κ3) is 3.49. The molecule has 0 spiro atoms. The summed E-state index contributed by atoms with van der Waals surface area (Å²) >= 11 is 0. The van der Waals surface area contributed by atoms with Crippen molar-refractivity contribution in [3.63, 3.8) is 0 Å². The van der Waals surface area contributed by atoms with E-state index in [4.69, 9.17) is 10.2 Å². The number of fused-ring (bicyclic) bond motifs is 6. The Bertz CT molecular complexity index is 2200. The van der Waals surface area contributed by atoms with E-state index in [1.165, 1.54) is 38.5 Å². The van der Waals surface area contributed by atoms with Gasteiger partial charge in [0, 0.05) is 33.8 Å². The van der Waals surface area contributed by atoms with Gasteiger partial charge in [-0.2, -0.15) is 0 Å². The van der Waals surface area contributed by atoms with Crippen LogP contribution in [0.15, 0.2) is 138 Å². The lowest BCUT2D eigenvalue weighted by Gasteiger charge is -2.11. The van der Waals surface area contributed by atoms with Crippen LogP contribution in [0.1, 0.15) is 5.56 Å². The van der Waals surface area contributed by atoms with Gasteiger partial charge in [0.15, 0.2) is 0 Å². The Morgan fingerprint density at radius 1 is 0.500 bits per heavy atom. The molecule has 0 saturated heterocycles. The Labute approximate surface area is 231 Å². The number of hydrogen-bond acceptors (Lipinski definition) is 2. The van der Waals surface area contributed by atoms with Gasteiger partial charge in [0.2, 0.25) is 0 Å². The summed E-state index contributed by atoms with van der Waals surface area (Å²) in [5.74, 6) is 0. The van der Waals surface area contributed by atoms with Crippen molar-refractivity contribution in [3.05, 3.63) is 139 Å². The minimum Gasteiger partial charge on any atom is -0.456 e. The number of furan rings is 1. The van der Waals surface area contributed by atoms with E-state index in [1.54, 1.807) is 0 Å². The van der Waals surface area contributed by atoms with Crippen LogP contribution in [-0.2, 0) is 6.54 Å². The van der Waals surface area contributed by atoms with Gasteiger partial charge in [0.1, 0.15) is 11.2 Å². The molecule has 0 amide bonds. The molecule has 2 aromatic heterocycles. The molecule has 2 N–H and O–H groups in total. The smallest absolute Gasteiger partial charge is 0.135 e. The summed E-state index contributed by atoms with van der Waals surface area (Å²) < 4.78 is 8.52. The maximum atomic E-state index is 6.15.